The Morgan fingerprint density at radius 1 is 1.26 bits per heavy atom. The minimum absolute atomic E-state index is 0.0611. The van der Waals surface area contributed by atoms with Gasteiger partial charge in [-0.25, -0.2) is 0 Å². The summed E-state index contributed by atoms with van der Waals surface area (Å²) < 4.78 is 0. The quantitative estimate of drug-likeness (QED) is 0.806. The van der Waals surface area contributed by atoms with Crippen molar-refractivity contribution in [3.05, 3.63) is 17.0 Å². The summed E-state index contributed by atoms with van der Waals surface area (Å²) in [6.45, 7) is 9.20. The highest BCUT2D eigenvalue weighted by atomic mass is 16.2. The highest BCUT2D eigenvalue weighted by molar-refractivity contribution is 5.96. The van der Waals surface area contributed by atoms with Gasteiger partial charge >= 0.3 is 0 Å². The predicted octanol–water partition coefficient (Wildman–Crippen LogP) is 1.01. The molecule has 0 radical (unpaired) electrons. The monoisotopic (exact) mass is 266 g/mol. The van der Waals surface area contributed by atoms with Crippen LogP contribution in [0.2, 0.25) is 0 Å². The number of amides is 2. The number of carbonyl (C=O) groups excluding carboxylic acids is 2. The van der Waals surface area contributed by atoms with Gasteiger partial charge in [-0.1, -0.05) is 0 Å². The van der Waals surface area contributed by atoms with Crippen molar-refractivity contribution >= 4 is 11.8 Å². The third kappa shape index (κ3) is 3.81. The van der Waals surface area contributed by atoms with E-state index in [1.54, 1.807) is 18.7 Å². The number of H-pyrrole nitrogens is 1. The van der Waals surface area contributed by atoms with Crippen LogP contribution in [0.15, 0.2) is 0 Å². The first-order valence-corrected chi connectivity index (χ1v) is 6.58. The molecule has 19 heavy (non-hydrogen) atoms. The van der Waals surface area contributed by atoms with Crippen LogP contribution in [0.5, 0.6) is 0 Å². The Morgan fingerprint density at radius 2 is 1.89 bits per heavy atom. The van der Waals surface area contributed by atoms with E-state index in [4.69, 9.17) is 0 Å². The second-order valence-corrected chi connectivity index (χ2v) is 4.38. The van der Waals surface area contributed by atoms with E-state index in [1.807, 2.05) is 13.8 Å². The molecule has 1 rings (SSSR count). The number of nitrogens with zero attached hydrogens (tertiary/aromatic N) is 2. The standard InChI is InChI=1S/C13H22N4O2/c1-5-17(6-2)11(18)7-8-14-13(19)12-9(3)15-16-10(12)4/h5-8H2,1-4H3,(H,14,19)(H,15,16). The van der Waals surface area contributed by atoms with Gasteiger partial charge in [-0.05, 0) is 27.7 Å². The molecular weight excluding hydrogens is 244 g/mol. The number of carbonyl (C=O) groups is 2. The van der Waals surface area contributed by atoms with Crippen LogP contribution >= 0.6 is 0 Å². The van der Waals surface area contributed by atoms with Crippen LogP contribution in [0.4, 0.5) is 0 Å². The lowest BCUT2D eigenvalue weighted by Gasteiger charge is -2.18. The van der Waals surface area contributed by atoms with Crippen molar-refractivity contribution < 1.29 is 9.59 Å². The molecule has 1 aromatic rings. The molecule has 0 saturated carbocycles. The van der Waals surface area contributed by atoms with Crippen molar-refractivity contribution in [3.63, 3.8) is 0 Å². The van der Waals surface area contributed by atoms with Gasteiger partial charge < -0.3 is 10.2 Å². The maximum Gasteiger partial charge on any atom is 0.255 e. The molecule has 0 atom stereocenters. The van der Waals surface area contributed by atoms with Gasteiger partial charge in [-0.15, -0.1) is 0 Å². The Kier molecular flexibility index (Phi) is 5.54. The lowest BCUT2D eigenvalue weighted by Crippen LogP contribution is -2.34. The Morgan fingerprint density at radius 3 is 2.37 bits per heavy atom. The smallest absolute Gasteiger partial charge is 0.255 e. The van der Waals surface area contributed by atoms with Crippen molar-refractivity contribution in [1.82, 2.24) is 20.4 Å². The molecule has 0 saturated heterocycles. The third-order valence-electron chi connectivity index (χ3n) is 3.10. The van der Waals surface area contributed by atoms with E-state index in [2.05, 4.69) is 15.5 Å². The first-order valence-electron chi connectivity index (χ1n) is 6.58. The molecule has 2 N–H and O–H groups in total. The van der Waals surface area contributed by atoms with Gasteiger partial charge in [-0.3, -0.25) is 14.7 Å². The van der Waals surface area contributed by atoms with Gasteiger partial charge in [0.2, 0.25) is 5.91 Å². The fraction of sp³-hybridized carbons (Fsp3) is 0.615. The van der Waals surface area contributed by atoms with Gasteiger partial charge in [0.15, 0.2) is 0 Å². The highest BCUT2D eigenvalue weighted by Crippen LogP contribution is 2.08. The minimum atomic E-state index is -0.184. The Bertz CT molecular complexity index is 430. The molecule has 106 valence electrons. The second kappa shape index (κ2) is 6.92. The summed E-state index contributed by atoms with van der Waals surface area (Å²) in [6.07, 6.45) is 0.323. The molecule has 0 aromatic carbocycles. The van der Waals surface area contributed by atoms with Gasteiger partial charge in [0.25, 0.3) is 5.91 Å². The van der Waals surface area contributed by atoms with Gasteiger partial charge in [0.1, 0.15) is 0 Å². The molecule has 0 unspecified atom stereocenters. The van der Waals surface area contributed by atoms with Crippen molar-refractivity contribution in [2.24, 2.45) is 0 Å². The number of rotatable bonds is 6. The number of aromatic nitrogens is 2. The van der Waals surface area contributed by atoms with E-state index >= 15 is 0 Å². The van der Waals surface area contributed by atoms with Crippen LogP contribution in [-0.4, -0.2) is 46.5 Å². The zero-order valence-corrected chi connectivity index (χ0v) is 12.0. The average Bonchev–Trinajstić information content (AvgIpc) is 2.70. The molecule has 0 spiro atoms. The van der Waals surface area contributed by atoms with Crippen LogP contribution in [0.3, 0.4) is 0 Å². The number of nitrogens with one attached hydrogen (secondary N) is 2. The summed E-state index contributed by atoms with van der Waals surface area (Å²) in [7, 11) is 0. The maximum absolute atomic E-state index is 11.9. The van der Waals surface area contributed by atoms with E-state index in [9.17, 15) is 9.59 Å². The molecular formula is C13H22N4O2. The van der Waals surface area contributed by atoms with Crippen molar-refractivity contribution in [3.8, 4) is 0 Å². The fourth-order valence-corrected chi connectivity index (χ4v) is 1.99. The van der Waals surface area contributed by atoms with Crippen molar-refractivity contribution in [2.45, 2.75) is 34.1 Å². The van der Waals surface area contributed by atoms with E-state index < -0.39 is 0 Å². The van der Waals surface area contributed by atoms with E-state index in [1.165, 1.54) is 0 Å². The van der Waals surface area contributed by atoms with Crippen molar-refractivity contribution in [2.75, 3.05) is 19.6 Å². The van der Waals surface area contributed by atoms with E-state index in [0.29, 0.717) is 37.3 Å². The largest absolute Gasteiger partial charge is 0.351 e. The summed E-state index contributed by atoms with van der Waals surface area (Å²) in [4.78, 5) is 25.5. The van der Waals surface area contributed by atoms with E-state index in [-0.39, 0.29) is 11.8 Å². The Balaban J connectivity index is 2.46. The molecule has 0 aliphatic heterocycles. The molecule has 0 aliphatic rings. The lowest BCUT2D eigenvalue weighted by molar-refractivity contribution is -0.130. The minimum Gasteiger partial charge on any atom is -0.351 e. The molecule has 0 fully saturated rings. The first kappa shape index (κ1) is 15.2. The third-order valence-corrected chi connectivity index (χ3v) is 3.10. The number of hydrogen-bond acceptors (Lipinski definition) is 3. The van der Waals surface area contributed by atoms with Gasteiger partial charge in [-0.2, -0.15) is 5.10 Å². The number of aromatic amines is 1. The molecule has 6 heteroatoms. The van der Waals surface area contributed by atoms with E-state index in [0.717, 1.165) is 5.69 Å². The van der Waals surface area contributed by atoms with Gasteiger partial charge in [0.05, 0.1) is 11.3 Å². The molecule has 6 nitrogen and oxygen atoms in total. The number of hydrogen-bond donors (Lipinski definition) is 2. The topological polar surface area (TPSA) is 78.1 Å². The second-order valence-electron chi connectivity index (χ2n) is 4.38. The van der Waals surface area contributed by atoms with Crippen molar-refractivity contribution in [1.29, 1.82) is 0 Å². The van der Waals surface area contributed by atoms with Crippen LogP contribution in [0.25, 0.3) is 0 Å². The Labute approximate surface area is 113 Å². The number of aryl methyl sites for hydroxylation is 2. The van der Waals surface area contributed by atoms with Gasteiger partial charge in [0, 0.05) is 31.7 Å². The molecule has 1 heterocycles. The highest BCUT2D eigenvalue weighted by Gasteiger charge is 2.15. The summed E-state index contributed by atoms with van der Waals surface area (Å²) in [6, 6.07) is 0. The maximum atomic E-state index is 11.9. The zero-order valence-electron chi connectivity index (χ0n) is 12.0. The fourth-order valence-electron chi connectivity index (χ4n) is 1.99. The first-order chi connectivity index (χ1) is 9.01. The lowest BCUT2D eigenvalue weighted by atomic mass is 10.2. The Hall–Kier alpha value is -1.85. The van der Waals surface area contributed by atoms with Crippen LogP contribution in [0, 0.1) is 13.8 Å². The summed E-state index contributed by atoms with van der Waals surface area (Å²) in [5.74, 6) is -0.123. The molecule has 2 amide bonds. The SMILES string of the molecule is CCN(CC)C(=O)CCNC(=O)c1c(C)n[nH]c1C. The van der Waals surface area contributed by atoms with Crippen LogP contribution in [-0.2, 0) is 4.79 Å². The zero-order chi connectivity index (χ0) is 14.4. The average molecular weight is 266 g/mol. The normalized spacial score (nSPS) is 10.3. The molecule has 1 aromatic heterocycles. The molecule has 0 bridgehead atoms. The molecule has 0 aliphatic carbocycles. The van der Waals surface area contributed by atoms with Crippen LogP contribution in [0.1, 0.15) is 42.0 Å². The summed E-state index contributed by atoms with van der Waals surface area (Å²) >= 11 is 0. The summed E-state index contributed by atoms with van der Waals surface area (Å²) in [5.41, 5.74) is 1.98. The predicted molar refractivity (Wildman–Crippen MR) is 72.9 cm³/mol. The van der Waals surface area contributed by atoms with Crippen LogP contribution < -0.4 is 5.32 Å². The summed E-state index contributed by atoms with van der Waals surface area (Å²) in [5, 5.41) is 9.50.